The Bertz CT molecular complexity index is 1590. The fourth-order valence-corrected chi connectivity index (χ4v) is 5.48. The van der Waals surface area contributed by atoms with Gasteiger partial charge in [0.2, 0.25) is 5.91 Å². The van der Waals surface area contributed by atoms with Crippen LogP contribution in [0.1, 0.15) is 71.1 Å². The van der Waals surface area contributed by atoms with Gasteiger partial charge in [0.1, 0.15) is 18.2 Å². The van der Waals surface area contributed by atoms with E-state index in [0.717, 1.165) is 49.6 Å². The smallest absolute Gasteiger partial charge is 0.383 e. The van der Waals surface area contributed by atoms with E-state index in [-0.39, 0.29) is 47.5 Å². The maximum absolute atomic E-state index is 13.1. The van der Waals surface area contributed by atoms with Gasteiger partial charge in [0, 0.05) is 47.8 Å². The van der Waals surface area contributed by atoms with Crippen molar-refractivity contribution in [3.05, 3.63) is 82.7 Å². The first-order valence-corrected chi connectivity index (χ1v) is 14.7. The van der Waals surface area contributed by atoms with Crippen molar-refractivity contribution in [2.75, 3.05) is 29.6 Å². The maximum atomic E-state index is 13.1. The number of fused-ring (bicyclic) bond motifs is 3. The molecule has 2 amide bonds. The van der Waals surface area contributed by atoms with Crippen LogP contribution in [0, 0.1) is 5.41 Å². The number of nitrogens with zero attached hydrogens (tertiary/aromatic N) is 2. The van der Waals surface area contributed by atoms with Gasteiger partial charge in [-0.3, -0.25) is 15.0 Å². The average Bonchev–Trinajstić information content (AvgIpc) is 3.01. The summed E-state index contributed by atoms with van der Waals surface area (Å²) in [6.07, 6.45) is 6.76. The normalized spacial score (nSPS) is 19.2. The Morgan fingerprint density at radius 2 is 1.78 bits per heavy atom. The average molecular weight is 622 g/mol. The monoisotopic (exact) mass is 621 g/mol. The summed E-state index contributed by atoms with van der Waals surface area (Å²) in [5.41, 5.74) is 7.98. The molecule has 1 aliphatic carbocycles. The van der Waals surface area contributed by atoms with Crippen molar-refractivity contribution in [1.29, 1.82) is 5.41 Å². The fourth-order valence-electron chi connectivity index (χ4n) is 5.48. The summed E-state index contributed by atoms with van der Waals surface area (Å²) in [4.78, 5) is 33.3. The van der Waals surface area contributed by atoms with Crippen LogP contribution in [-0.4, -0.2) is 52.8 Å². The van der Waals surface area contributed by atoms with E-state index in [1.807, 2.05) is 12.2 Å². The summed E-state index contributed by atoms with van der Waals surface area (Å²) in [6.45, 7) is 0.486. The number of aromatic nitrogens is 2. The van der Waals surface area contributed by atoms with E-state index < -0.39 is 17.6 Å². The third kappa shape index (κ3) is 8.04. The van der Waals surface area contributed by atoms with Crippen molar-refractivity contribution >= 4 is 40.9 Å². The first kappa shape index (κ1) is 31.6. The molecule has 0 saturated heterocycles. The number of benzene rings is 1. The molecule has 2 bridgehead atoms. The van der Waals surface area contributed by atoms with Crippen molar-refractivity contribution in [2.45, 2.75) is 56.8 Å². The number of rotatable bonds is 4. The third-order valence-corrected chi connectivity index (χ3v) is 7.73. The van der Waals surface area contributed by atoms with Crippen molar-refractivity contribution in [1.82, 2.24) is 15.3 Å². The number of amides is 2. The zero-order valence-corrected chi connectivity index (χ0v) is 24.4. The molecule has 0 unspecified atom stereocenters. The minimum Gasteiger partial charge on any atom is -0.383 e. The Labute approximate surface area is 258 Å². The van der Waals surface area contributed by atoms with Crippen LogP contribution in [0.4, 0.5) is 30.5 Å². The Morgan fingerprint density at radius 1 is 1.04 bits per heavy atom. The molecular weight excluding hydrogens is 587 g/mol. The molecule has 10 nitrogen and oxygen atoms in total. The van der Waals surface area contributed by atoms with Crippen molar-refractivity contribution in [2.24, 2.45) is 0 Å². The predicted molar refractivity (Wildman–Crippen MR) is 165 cm³/mol. The molecule has 1 fully saturated rings. The molecule has 1 aliphatic heterocycles. The van der Waals surface area contributed by atoms with Crippen molar-refractivity contribution in [3.63, 3.8) is 0 Å². The minimum absolute atomic E-state index is 0.00567. The molecule has 6 N–H and O–H groups in total. The fraction of sp³-hybridized carbons (Fsp3) is 0.344. The van der Waals surface area contributed by atoms with E-state index >= 15 is 0 Å². The summed E-state index contributed by atoms with van der Waals surface area (Å²) < 4.78 is 44.7. The van der Waals surface area contributed by atoms with Gasteiger partial charge in [-0.15, -0.1) is 0 Å². The van der Waals surface area contributed by atoms with Crippen LogP contribution in [0.3, 0.4) is 0 Å². The van der Waals surface area contributed by atoms with E-state index in [2.05, 4.69) is 25.9 Å². The van der Waals surface area contributed by atoms with Gasteiger partial charge in [-0.05, 0) is 62.8 Å². The van der Waals surface area contributed by atoms with Gasteiger partial charge in [0.15, 0.2) is 0 Å². The first-order chi connectivity index (χ1) is 21.6. The van der Waals surface area contributed by atoms with E-state index in [4.69, 9.17) is 15.9 Å². The number of ether oxygens (including phenoxy) is 1. The number of carbonyl (C=O) groups is 2. The molecule has 2 aliphatic rings. The van der Waals surface area contributed by atoms with Crippen molar-refractivity contribution in [3.8, 4) is 0 Å². The molecule has 0 radical (unpaired) electrons. The van der Waals surface area contributed by atoms with E-state index in [0.29, 0.717) is 36.3 Å². The second-order valence-corrected chi connectivity index (χ2v) is 11.1. The van der Waals surface area contributed by atoms with Crippen LogP contribution >= 0.6 is 0 Å². The highest BCUT2D eigenvalue weighted by Gasteiger charge is 2.31. The first-order valence-electron chi connectivity index (χ1n) is 14.7. The molecule has 3 heterocycles. The third-order valence-electron chi connectivity index (χ3n) is 7.73. The molecule has 2 aromatic heterocycles. The van der Waals surface area contributed by atoms with Gasteiger partial charge < -0.3 is 26.4 Å². The molecule has 2 atom stereocenters. The molecule has 0 spiro atoms. The second kappa shape index (κ2) is 13.9. The number of pyridine rings is 2. The molecule has 1 aromatic carbocycles. The van der Waals surface area contributed by atoms with Gasteiger partial charge in [0.05, 0.1) is 22.5 Å². The van der Waals surface area contributed by atoms with Gasteiger partial charge in [-0.25, -0.2) is 9.97 Å². The Kier molecular flexibility index (Phi) is 9.77. The molecule has 45 heavy (non-hydrogen) atoms. The number of anilines is 3. The molecule has 236 valence electrons. The highest BCUT2D eigenvalue weighted by Crippen LogP contribution is 2.33. The zero-order chi connectivity index (χ0) is 32.0. The van der Waals surface area contributed by atoms with Gasteiger partial charge in [-0.2, -0.15) is 13.2 Å². The minimum atomic E-state index is -4.57. The zero-order valence-electron chi connectivity index (χ0n) is 24.4. The number of allylic oxidation sites excluding steroid dienone is 1. The lowest BCUT2D eigenvalue weighted by Gasteiger charge is -2.32. The summed E-state index contributed by atoms with van der Waals surface area (Å²) >= 11 is 0. The summed E-state index contributed by atoms with van der Waals surface area (Å²) in [5, 5.41) is 18.2. The van der Waals surface area contributed by atoms with Crippen LogP contribution in [0.5, 0.6) is 0 Å². The SMILES string of the molecule is N=C(c1ccc(C(=O)Nc2cc(C(F)(F)F)ccn2)cc1)c1c(N)ncc2c1N[C@@H]1CCC[C@H](C1)NC(=O)COCCCC=C2. The Hall–Kier alpha value is -4.78. The Morgan fingerprint density at radius 3 is 2.53 bits per heavy atom. The van der Waals surface area contributed by atoms with Gasteiger partial charge >= 0.3 is 6.18 Å². The Balaban J connectivity index is 1.40. The van der Waals surface area contributed by atoms with Crippen LogP contribution in [0.2, 0.25) is 0 Å². The van der Waals surface area contributed by atoms with E-state index in [1.54, 1.807) is 18.3 Å². The lowest BCUT2D eigenvalue weighted by Crippen LogP contribution is -2.43. The molecular formula is C32H34F3N7O3. The second-order valence-electron chi connectivity index (χ2n) is 11.1. The molecule has 1 saturated carbocycles. The standard InChI is InChI=1S/C32H34F3N7O3/c33-32(34,35)22-12-13-38-25(15-22)42-31(44)20-10-8-19(9-11-20)28(36)27-29-21(17-39-30(27)37)5-2-1-3-14-45-18-26(43)40-23-6-4-7-24(16-23)41-29/h2,5,8-13,15,17,23-24,36,41H,1,3-4,6-7,14,16,18H2,(H2,37,39)(H,40,43)(H,38,42,44)/t23-,24-/m1/s1. The lowest BCUT2D eigenvalue weighted by molar-refractivity contribution is -0.137. The van der Waals surface area contributed by atoms with E-state index in [9.17, 15) is 22.8 Å². The highest BCUT2D eigenvalue weighted by atomic mass is 19.4. The summed E-state index contributed by atoms with van der Waals surface area (Å²) in [7, 11) is 0. The number of nitrogens with one attached hydrogen (secondary N) is 4. The van der Waals surface area contributed by atoms with Crippen LogP contribution in [0.25, 0.3) is 6.08 Å². The maximum Gasteiger partial charge on any atom is 0.416 e. The number of nitrogens with two attached hydrogens (primary N) is 1. The number of hydrogen-bond donors (Lipinski definition) is 5. The summed E-state index contributed by atoms with van der Waals surface area (Å²) in [5.74, 6) is -0.858. The predicted octanol–water partition coefficient (Wildman–Crippen LogP) is 5.41. The summed E-state index contributed by atoms with van der Waals surface area (Å²) in [6, 6.07) is 7.68. The molecule has 3 aromatic rings. The lowest BCUT2D eigenvalue weighted by atomic mass is 9.89. The highest BCUT2D eigenvalue weighted by molar-refractivity contribution is 6.17. The van der Waals surface area contributed by atoms with Crippen LogP contribution in [0.15, 0.2) is 54.9 Å². The number of halogens is 3. The van der Waals surface area contributed by atoms with Crippen LogP contribution < -0.4 is 21.7 Å². The molecule has 13 heteroatoms. The quantitative estimate of drug-likeness (QED) is 0.244. The van der Waals surface area contributed by atoms with Crippen LogP contribution in [-0.2, 0) is 15.7 Å². The van der Waals surface area contributed by atoms with Gasteiger partial charge in [-0.1, -0.05) is 24.3 Å². The number of hydrogen-bond acceptors (Lipinski definition) is 8. The number of nitrogen functional groups attached to an aromatic ring is 1. The topological polar surface area (TPSA) is 155 Å². The van der Waals surface area contributed by atoms with Gasteiger partial charge in [0.25, 0.3) is 5.91 Å². The molecule has 5 rings (SSSR count). The largest absolute Gasteiger partial charge is 0.416 e. The number of carbonyl (C=O) groups excluding carboxylic acids is 2. The van der Waals surface area contributed by atoms with E-state index in [1.165, 1.54) is 12.1 Å². The number of alkyl halides is 3. The van der Waals surface area contributed by atoms with Crippen molar-refractivity contribution < 1.29 is 27.5 Å².